The van der Waals surface area contributed by atoms with Crippen molar-refractivity contribution >= 4 is 28.8 Å². The van der Waals surface area contributed by atoms with Crippen molar-refractivity contribution in [3.8, 4) is 16.3 Å². The molecule has 0 aliphatic carbocycles. The maximum absolute atomic E-state index is 13.3. The number of ether oxygens (including phenoxy) is 1. The second-order valence-electron chi connectivity index (χ2n) is 8.43. The summed E-state index contributed by atoms with van der Waals surface area (Å²) < 4.78 is 7.22. The standard InChI is InChI=1S/C25H26N4O4S/c1-2-33-21-7-4-3-6-19(21)28-24(31)16-20(25(28)32)27-13-11-17(12-14-27)29-23(30)10-9-18(26-29)22-8-5-15-34-22/h3-10,15,17,20H,2,11-14,16H2,1H3. The molecular weight excluding hydrogens is 452 g/mol. The summed E-state index contributed by atoms with van der Waals surface area (Å²) in [6.45, 7) is 3.55. The van der Waals surface area contributed by atoms with Crippen LogP contribution in [0.5, 0.6) is 5.75 Å². The maximum Gasteiger partial charge on any atom is 0.267 e. The zero-order valence-corrected chi connectivity index (χ0v) is 19.7. The molecule has 34 heavy (non-hydrogen) atoms. The maximum atomic E-state index is 13.3. The van der Waals surface area contributed by atoms with E-state index in [1.54, 1.807) is 46.4 Å². The van der Waals surface area contributed by atoms with Gasteiger partial charge in [-0.2, -0.15) is 5.10 Å². The number of carbonyl (C=O) groups excluding carboxylic acids is 2. The number of anilines is 1. The van der Waals surface area contributed by atoms with Crippen LogP contribution in [0.1, 0.15) is 32.2 Å². The van der Waals surface area contributed by atoms with E-state index in [2.05, 4.69) is 10.00 Å². The smallest absolute Gasteiger partial charge is 0.267 e. The van der Waals surface area contributed by atoms with Crippen LogP contribution in [-0.4, -0.2) is 52.2 Å². The van der Waals surface area contributed by atoms with E-state index in [0.29, 0.717) is 44.0 Å². The largest absolute Gasteiger partial charge is 0.492 e. The van der Waals surface area contributed by atoms with Crippen molar-refractivity contribution in [1.29, 1.82) is 0 Å². The molecule has 2 amide bonds. The van der Waals surface area contributed by atoms with Gasteiger partial charge < -0.3 is 4.74 Å². The van der Waals surface area contributed by atoms with Gasteiger partial charge in [0.15, 0.2) is 0 Å². The molecular formula is C25H26N4O4S. The fraction of sp³-hybridized carbons (Fsp3) is 0.360. The molecule has 1 unspecified atom stereocenters. The zero-order chi connectivity index (χ0) is 23.7. The van der Waals surface area contributed by atoms with E-state index in [4.69, 9.17) is 4.74 Å². The molecule has 2 fully saturated rings. The summed E-state index contributed by atoms with van der Waals surface area (Å²) in [6, 6.07) is 13.9. The van der Waals surface area contributed by atoms with Crippen molar-refractivity contribution in [3.63, 3.8) is 0 Å². The number of nitrogens with zero attached hydrogens (tertiary/aromatic N) is 4. The number of hydrogen-bond acceptors (Lipinski definition) is 7. The lowest BCUT2D eigenvalue weighted by atomic mass is 10.0. The summed E-state index contributed by atoms with van der Waals surface area (Å²) in [4.78, 5) is 43.0. The van der Waals surface area contributed by atoms with Crippen molar-refractivity contribution in [2.45, 2.75) is 38.3 Å². The molecule has 0 spiro atoms. The Kier molecular flexibility index (Phi) is 6.30. The topological polar surface area (TPSA) is 84.7 Å². The number of carbonyl (C=O) groups is 2. The van der Waals surface area contributed by atoms with Crippen LogP contribution in [0.15, 0.2) is 58.7 Å². The molecule has 8 nitrogen and oxygen atoms in total. The third kappa shape index (κ3) is 4.17. The molecule has 2 saturated heterocycles. The number of para-hydroxylation sites is 2. The van der Waals surface area contributed by atoms with E-state index in [0.717, 1.165) is 10.6 Å². The number of amides is 2. The molecule has 4 heterocycles. The number of likely N-dealkylation sites (tertiary alicyclic amines) is 1. The Morgan fingerprint density at radius 1 is 1.03 bits per heavy atom. The van der Waals surface area contributed by atoms with Gasteiger partial charge in [-0.15, -0.1) is 11.3 Å². The average Bonchev–Trinajstić information content (AvgIpc) is 3.49. The van der Waals surface area contributed by atoms with Gasteiger partial charge in [0.05, 0.1) is 35.7 Å². The third-order valence-electron chi connectivity index (χ3n) is 6.41. The number of thiophene rings is 1. The lowest BCUT2D eigenvalue weighted by Gasteiger charge is -2.35. The molecule has 2 aromatic heterocycles. The van der Waals surface area contributed by atoms with E-state index >= 15 is 0 Å². The molecule has 0 N–H and O–H groups in total. The van der Waals surface area contributed by atoms with Crippen LogP contribution in [0.2, 0.25) is 0 Å². The quantitative estimate of drug-likeness (QED) is 0.505. The Morgan fingerprint density at radius 3 is 2.56 bits per heavy atom. The van der Waals surface area contributed by atoms with Crippen molar-refractivity contribution < 1.29 is 14.3 Å². The Morgan fingerprint density at radius 2 is 1.82 bits per heavy atom. The molecule has 0 radical (unpaired) electrons. The van der Waals surface area contributed by atoms with Crippen molar-refractivity contribution in [2.24, 2.45) is 0 Å². The predicted molar refractivity (Wildman–Crippen MR) is 130 cm³/mol. The Balaban J connectivity index is 1.30. The van der Waals surface area contributed by atoms with Crippen LogP contribution in [0, 0.1) is 0 Å². The predicted octanol–water partition coefficient (Wildman–Crippen LogP) is 3.34. The molecule has 0 saturated carbocycles. The van der Waals surface area contributed by atoms with Gasteiger partial charge in [-0.1, -0.05) is 18.2 Å². The van der Waals surface area contributed by atoms with Gasteiger partial charge in [-0.3, -0.25) is 19.3 Å². The summed E-state index contributed by atoms with van der Waals surface area (Å²) in [6.07, 6.45) is 1.53. The number of piperidine rings is 1. The Bertz CT molecular complexity index is 1250. The van der Waals surface area contributed by atoms with Crippen LogP contribution in [0.3, 0.4) is 0 Å². The van der Waals surface area contributed by atoms with Gasteiger partial charge in [0, 0.05) is 19.2 Å². The number of imide groups is 1. The van der Waals surface area contributed by atoms with Crippen molar-refractivity contribution in [1.82, 2.24) is 14.7 Å². The fourth-order valence-electron chi connectivity index (χ4n) is 4.76. The summed E-state index contributed by atoms with van der Waals surface area (Å²) in [5.41, 5.74) is 1.17. The van der Waals surface area contributed by atoms with Gasteiger partial charge in [-0.25, -0.2) is 9.58 Å². The van der Waals surface area contributed by atoms with E-state index in [-0.39, 0.29) is 29.8 Å². The van der Waals surface area contributed by atoms with Crippen LogP contribution < -0.4 is 15.2 Å². The second-order valence-corrected chi connectivity index (χ2v) is 9.38. The number of rotatable bonds is 6. The van der Waals surface area contributed by atoms with Gasteiger partial charge in [-0.05, 0) is 49.4 Å². The molecule has 9 heteroatoms. The van der Waals surface area contributed by atoms with Gasteiger partial charge in [0.1, 0.15) is 11.4 Å². The van der Waals surface area contributed by atoms with Crippen molar-refractivity contribution in [3.05, 3.63) is 64.3 Å². The SMILES string of the molecule is CCOc1ccccc1N1C(=O)CC(N2CCC(n3nc(-c4cccs4)ccc3=O)CC2)C1=O. The molecule has 3 aromatic rings. The number of hydrogen-bond donors (Lipinski definition) is 0. The molecule has 1 atom stereocenters. The molecule has 176 valence electrons. The highest BCUT2D eigenvalue weighted by Gasteiger charge is 2.44. The normalized spacial score (nSPS) is 19.7. The lowest BCUT2D eigenvalue weighted by Crippen LogP contribution is -2.47. The first kappa shape index (κ1) is 22.5. The molecule has 1 aromatic carbocycles. The van der Waals surface area contributed by atoms with Gasteiger partial charge in [0.2, 0.25) is 5.91 Å². The van der Waals surface area contributed by atoms with Crippen LogP contribution in [0.25, 0.3) is 10.6 Å². The fourth-order valence-corrected chi connectivity index (χ4v) is 5.45. The van der Waals surface area contributed by atoms with E-state index < -0.39 is 6.04 Å². The summed E-state index contributed by atoms with van der Waals surface area (Å²) in [5.74, 6) is 0.0959. The first-order valence-electron chi connectivity index (χ1n) is 11.5. The molecule has 2 aliphatic rings. The van der Waals surface area contributed by atoms with Gasteiger partial charge in [0.25, 0.3) is 11.5 Å². The summed E-state index contributed by atoms with van der Waals surface area (Å²) in [7, 11) is 0. The summed E-state index contributed by atoms with van der Waals surface area (Å²) >= 11 is 1.59. The highest BCUT2D eigenvalue weighted by molar-refractivity contribution is 7.13. The Labute approximate surface area is 201 Å². The lowest BCUT2D eigenvalue weighted by molar-refractivity contribution is -0.123. The average molecular weight is 479 g/mol. The van der Waals surface area contributed by atoms with E-state index in [1.807, 2.05) is 30.5 Å². The van der Waals surface area contributed by atoms with Gasteiger partial charge >= 0.3 is 0 Å². The number of benzene rings is 1. The van der Waals surface area contributed by atoms with Crippen LogP contribution in [0.4, 0.5) is 5.69 Å². The first-order chi connectivity index (χ1) is 16.6. The summed E-state index contributed by atoms with van der Waals surface area (Å²) in [5, 5.41) is 6.61. The third-order valence-corrected chi connectivity index (χ3v) is 7.31. The van der Waals surface area contributed by atoms with Crippen LogP contribution in [-0.2, 0) is 9.59 Å². The molecule has 5 rings (SSSR count). The molecule has 0 bridgehead atoms. The molecule has 2 aliphatic heterocycles. The monoisotopic (exact) mass is 478 g/mol. The minimum atomic E-state index is -0.495. The second kappa shape index (κ2) is 9.52. The van der Waals surface area contributed by atoms with E-state index in [1.165, 1.54) is 4.90 Å². The first-order valence-corrected chi connectivity index (χ1v) is 12.4. The Hall–Kier alpha value is -3.30. The minimum absolute atomic E-state index is 0.0364. The highest BCUT2D eigenvalue weighted by atomic mass is 32.1. The van der Waals surface area contributed by atoms with Crippen molar-refractivity contribution in [2.75, 3.05) is 24.6 Å². The number of aromatic nitrogens is 2. The minimum Gasteiger partial charge on any atom is -0.492 e. The zero-order valence-electron chi connectivity index (χ0n) is 18.9. The highest BCUT2D eigenvalue weighted by Crippen LogP contribution is 2.34. The van der Waals surface area contributed by atoms with Crippen LogP contribution >= 0.6 is 11.3 Å². The van der Waals surface area contributed by atoms with E-state index in [9.17, 15) is 14.4 Å².